The molecule has 0 aromatic heterocycles. The summed E-state index contributed by atoms with van der Waals surface area (Å²) in [5, 5.41) is 9.09. The first-order valence-electron chi connectivity index (χ1n) is 5.99. The number of ether oxygens (including phenoxy) is 2. The largest absolute Gasteiger partial charge is 0.512 e. The summed E-state index contributed by atoms with van der Waals surface area (Å²) in [6, 6.07) is 0. The summed E-state index contributed by atoms with van der Waals surface area (Å²) >= 11 is 0. The van der Waals surface area contributed by atoms with Crippen molar-refractivity contribution < 1.29 is 19.4 Å². The molecule has 1 N–H and O–H groups in total. The summed E-state index contributed by atoms with van der Waals surface area (Å²) in [5.41, 5.74) is 0.677. The molecule has 17 heavy (non-hydrogen) atoms. The highest BCUT2D eigenvalue weighted by Gasteiger charge is 2.63. The number of aliphatic hydroxyl groups excluding tert-OH is 1. The monoisotopic (exact) mass is 236 g/mol. The second-order valence-corrected chi connectivity index (χ2v) is 5.26. The van der Waals surface area contributed by atoms with E-state index in [1.54, 1.807) is 6.92 Å². The van der Waals surface area contributed by atoms with Crippen LogP contribution < -0.4 is 0 Å². The van der Waals surface area contributed by atoms with Gasteiger partial charge in [-0.2, -0.15) is 0 Å². The first-order valence-corrected chi connectivity index (χ1v) is 5.99. The van der Waals surface area contributed by atoms with E-state index in [-0.39, 0.29) is 24.1 Å². The van der Waals surface area contributed by atoms with Gasteiger partial charge in [-0.15, -0.1) is 0 Å². The summed E-state index contributed by atoms with van der Waals surface area (Å²) in [6.45, 7) is 5.52. The van der Waals surface area contributed by atoms with Crippen LogP contribution in [0.2, 0.25) is 0 Å². The molecular formula is C13H16O4. The Hall–Kier alpha value is -1.45. The number of rotatable bonds is 3. The van der Waals surface area contributed by atoms with Gasteiger partial charge < -0.3 is 14.6 Å². The molecule has 2 bridgehead atoms. The molecule has 0 spiro atoms. The molecule has 4 unspecified atom stereocenters. The van der Waals surface area contributed by atoms with Gasteiger partial charge in [0, 0.05) is 11.8 Å². The Labute approximate surface area is 99.9 Å². The number of fused-ring (bicyclic) bond motifs is 1. The average Bonchev–Trinajstić information content (AvgIpc) is 2.88. The van der Waals surface area contributed by atoms with Gasteiger partial charge in [0.2, 0.25) is 0 Å². The van der Waals surface area contributed by atoms with Gasteiger partial charge in [0.05, 0.1) is 5.92 Å². The van der Waals surface area contributed by atoms with Crippen molar-refractivity contribution in [3.05, 3.63) is 24.2 Å². The van der Waals surface area contributed by atoms with Crippen LogP contribution in [-0.4, -0.2) is 23.3 Å². The lowest BCUT2D eigenvalue weighted by Gasteiger charge is -2.27. The topological polar surface area (TPSA) is 55.8 Å². The molecule has 0 amide bonds. The highest BCUT2D eigenvalue weighted by atomic mass is 16.6. The molecule has 3 fully saturated rings. The molecule has 92 valence electrons. The molecule has 3 rings (SSSR count). The summed E-state index contributed by atoms with van der Waals surface area (Å²) < 4.78 is 11.1. The van der Waals surface area contributed by atoms with Crippen LogP contribution in [-0.2, 0) is 14.3 Å². The molecule has 3 aliphatic rings. The zero-order valence-electron chi connectivity index (χ0n) is 9.76. The zero-order valence-corrected chi connectivity index (χ0v) is 9.76. The molecule has 4 heteroatoms. The maximum absolute atomic E-state index is 11.6. The second kappa shape index (κ2) is 3.52. The fourth-order valence-electron chi connectivity index (χ4n) is 3.45. The third-order valence-corrected chi connectivity index (χ3v) is 4.21. The van der Waals surface area contributed by atoms with E-state index in [0.29, 0.717) is 23.2 Å². The lowest BCUT2D eigenvalue weighted by Crippen LogP contribution is -2.34. The summed E-state index contributed by atoms with van der Waals surface area (Å²) in [5.74, 6) is 1.11. The van der Waals surface area contributed by atoms with Gasteiger partial charge in [0.15, 0.2) is 5.76 Å². The summed E-state index contributed by atoms with van der Waals surface area (Å²) in [7, 11) is 0. The Kier molecular flexibility index (Phi) is 2.21. The molecule has 4 nitrogen and oxygen atoms in total. The van der Waals surface area contributed by atoms with Gasteiger partial charge >= 0.3 is 5.97 Å². The van der Waals surface area contributed by atoms with Gasteiger partial charge in [-0.05, 0) is 25.3 Å². The van der Waals surface area contributed by atoms with Crippen LogP contribution in [0.15, 0.2) is 24.2 Å². The summed E-state index contributed by atoms with van der Waals surface area (Å²) in [6.07, 6.45) is 2.56. The number of esters is 1. The summed E-state index contributed by atoms with van der Waals surface area (Å²) in [4.78, 5) is 11.6. The molecule has 1 aliphatic heterocycles. The average molecular weight is 236 g/mol. The first kappa shape index (κ1) is 10.7. The molecule has 1 heterocycles. The van der Waals surface area contributed by atoms with E-state index in [9.17, 15) is 4.79 Å². The maximum Gasteiger partial charge on any atom is 0.309 e. The lowest BCUT2D eigenvalue weighted by molar-refractivity contribution is -0.146. The SMILES string of the molecule is C=C(C)/C(=C/O)O[C@H]1C2CC3C(=O)OC1C3C2. The van der Waals surface area contributed by atoms with Crippen LogP contribution in [0.5, 0.6) is 0 Å². The van der Waals surface area contributed by atoms with Crippen molar-refractivity contribution in [1.82, 2.24) is 0 Å². The van der Waals surface area contributed by atoms with E-state index in [1.807, 2.05) is 0 Å². The van der Waals surface area contributed by atoms with Crippen molar-refractivity contribution in [1.29, 1.82) is 0 Å². The van der Waals surface area contributed by atoms with Crippen molar-refractivity contribution in [3.63, 3.8) is 0 Å². The normalized spacial score (nSPS) is 42.8. The number of carbonyl (C=O) groups excluding carboxylic acids is 1. The highest BCUT2D eigenvalue weighted by Crippen LogP contribution is 2.55. The Morgan fingerprint density at radius 3 is 3.00 bits per heavy atom. The van der Waals surface area contributed by atoms with E-state index in [1.165, 1.54) is 0 Å². The molecule has 0 aromatic rings. The fraction of sp³-hybridized carbons (Fsp3) is 0.615. The van der Waals surface area contributed by atoms with E-state index in [0.717, 1.165) is 19.1 Å². The van der Waals surface area contributed by atoms with Gasteiger partial charge in [-0.1, -0.05) is 6.58 Å². The zero-order chi connectivity index (χ0) is 12.2. The van der Waals surface area contributed by atoms with Crippen LogP contribution in [0.3, 0.4) is 0 Å². The molecular weight excluding hydrogens is 220 g/mol. The smallest absolute Gasteiger partial charge is 0.309 e. The molecule has 1 saturated heterocycles. The van der Waals surface area contributed by atoms with Gasteiger partial charge in [0.25, 0.3) is 0 Å². The fourth-order valence-corrected chi connectivity index (χ4v) is 3.45. The van der Waals surface area contributed by atoms with Crippen molar-refractivity contribution in [2.24, 2.45) is 17.8 Å². The van der Waals surface area contributed by atoms with E-state index >= 15 is 0 Å². The minimum absolute atomic E-state index is 0.0709. The molecule has 5 atom stereocenters. The minimum Gasteiger partial charge on any atom is -0.512 e. The second-order valence-electron chi connectivity index (χ2n) is 5.26. The molecule has 0 radical (unpaired) electrons. The molecule has 2 saturated carbocycles. The van der Waals surface area contributed by atoms with E-state index in [4.69, 9.17) is 14.6 Å². The Balaban J connectivity index is 1.79. The van der Waals surface area contributed by atoms with E-state index < -0.39 is 0 Å². The number of aliphatic hydroxyl groups is 1. The number of carbonyl (C=O) groups is 1. The van der Waals surface area contributed by atoms with Crippen molar-refractivity contribution in [2.45, 2.75) is 32.0 Å². The van der Waals surface area contributed by atoms with Crippen molar-refractivity contribution >= 4 is 5.97 Å². The van der Waals surface area contributed by atoms with Crippen LogP contribution in [0.25, 0.3) is 0 Å². The third-order valence-electron chi connectivity index (χ3n) is 4.21. The number of allylic oxidation sites excluding steroid dienone is 1. The lowest BCUT2D eigenvalue weighted by atomic mass is 9.88. The Morgan fingerprint density at radius 1 is 1.59 bits per heavy atom. The number of hydrogen-bond acceptors (Lipinski definition) is 4. The predicted molar refractivity (Wildman–Crippen MR) is 60.0 cm³/mol. The minimum atomic E-state index is -0.124. The van der Waals surface area contributed by atoms with Crippen molar-refractivity contribution in [3.8, 4) is 0 Å². The van der Waals surface area contributed by atoms with Crippen LogP contribution in [0.1, 0.15) is 19.8 Å². The van der Waals surface area contributed by atoms with Gasteiger partial charge in [0.1, 0.15) is 18.5 Å². The third kappa shape index (κ3) is 1.39. The molecule has 0 aromatic carbocycles. The van der Waals surface area contributed by atoms with Crippen LogP contribution in [0, 0.1) is 17.8 Å². The highest BCUT2D eigenvalue weighted by molar-refractivity contribution is 5.76. The quantitative estimate of drug-likeness (QED) is 0.462. The maximum atomic E-state index is 11.6. The standard InChI is InChI=1S/C13H16O4/c1-6(2)10(5-14)16-11-7-3-8-9(4-7)13(15)17-12(8)11/h5,7-9,11-12,14H,1,3-4H2,2H3/b10-5-/t7?,8?,9?,11-,12?/m0/s1. The molecule has 2 aliphatic carbocycles. The van der Waals surface area contributed by atoms with E-state index in [2.05, 4.69) is 6.58 Å². The van der Waals surface area contributed by atoms with Crippen LogP contribution >= 0.6 is 0 Å². The van der Waals surface area contributed by atoms with Gasteiger partial charge in [-0.25, -0.2) is 0 Å². The van der Waals surface area contributed by atoms with Gasteiger partial charge in [-0.3, -0.25) is 4.79 Å². The Morgan fingerprint density at radius 2 is 2.35 bits per heavy atom. The first-order chi connectivity index (χ1) is 8.11. The Bertz CT molecular complexity index is 412. The number of hydrogen-bond donors (Lipinski definition) is 1. The van der Waals surface area contributed by atoms with Crippen LogP contribution in [0.4, 0.5) is 0 Å². The predicted octanol–water partition coefficient (Wildman–Crippen LogP) is 1.93. The van der Waals surface area contributed by atoms with Crippen molar-refractivity contribution in [2.75, 3.05) is 0 Å².